The molecule has 0 fully saturated rings. The van der Waals surface area contributed by atoms with E-state index in [1.54, 1.807) is 0 Å². The third kappa shape index (κ3) is 4.77. The predicted molar refractivity (Wildman–Crippen MR) is 119 cm³/mol. The number of benzene rings is 2. The van der Waals surface area contributed by atoms with E-state index < -0.39 is 0 Å². The second kappa shape index (κ2) is 9.06. The monoisotopic (exact) mass is 426 g/mol. The van der Waals surface area contributed by atoms with Crippen LogP contribution in [0.4, 0.5) is 0 Å². The molecule has 3 aromatic rings. The fourth-order valence-corrected chi connectivity index (χ4v) is 4.16. The van der Waals surface area contributed by atoms with Crippen LogP contribution in [0.2, 0.25) is 5.02 Å². The van der Waals surface area contributed by atoms with Gasteiger partial charge in [-0.15, -0.1) is 0 Å². The minimum absolute atomic E-state index is 0.0536. The maximum Gasteiger partial charge on any atom is 0.221 e. The zero-order chi connectivity index (χ0) is 21.1. The van der Waals surface area contributed by atoms with Gasteiger partial charge >= 0.3 is 0 Å². The van der Waals surface area contributed by atoms with Gasteiger partial charge in [0.05, 0.1) is 11.0 Å². The zero-order valence-corrected chi connectivity index (χ0v) is 18.2. The highest BCUT2D eigenvalue weighted by molar-refractivity contribution is 6.30. The van der Waals surface area contributed by atoms with E-state index in [2.05, 4.69) is 25.8 Å². The molecule has 1 aliphatic rings. The summed E-state index contributed by atoms with van der Waals surface area (Å²) in [7, 11) is 2.01. The minimum atomic E-state index is 0.0536. The summed E-state index contributed by atoms with van der Waals surface area (Å²) >= 11 is 6.14. The van der Waals surface area contributed by atoms with Gasteiger partial charge in [-0.3, -0.25) is 9.69 Å². The lowest BCUT2D eigenvalue weighted by Gasteiger charge is -2.21. The van der Waals surface area contributed by atoms with Crippen LogP contribution in [-0.4, -0.2) is 46.1 Å². The van der Waals surface area contributed by atoms with E-state index in [9.17, 15) is 4.79 Å². The van der Waals surface area contributed by atoms with Crippen LogP contribution in [0.3, 0.4) is 0 Å². The first-order valence-electron chi connectivity index (χ1n) is 10.3. The highest BCUT2D eigenvalue weighted by Crippen LogP contribution is 2.28. The molecule has 0 radical (unpaired) electrons. The van der Waals surface area contributed by atoms with Crippen molar-refractivity contribution in [1.29, 1.82) is 0 Å². The van der Waals surface area contributed by atoms with Crippen LogP contribution in [0.15, 0.2) is 42.5 Å². The minimum Gasteiger partial charge on any atom is -0.489 e. The van der Waals surface area contributed by atoms with Gasteiger partial charge in [0.2, 0.25) is 5.91 Å². The van der Waals surface area contributed by atoms with Crippen LogP contribution in [0.1, 0.15) is 24.7 Å². The predicted octanol–water partition coefficient (Wildman–Crippen LogP) is 3.56. The van der Waals surface area contributed by atoms with Crippen molar-refractivity contribution in [3.05, 3.63) is 58.9 Å². The number of aromatic nitrogens is 2. The highest BCUT2D eigenvalue weighted by atomic mass is 35.5. The van der Waals surface area contributed by atoms with E-state index in [0.717, 1.165) is 41.3 Å². The Morgan fingerprint density at radius 2 is 2.13 bits per heavy atom. The average Bonchev–Trinajstić information content (AvgIpc) is 2.94. The summed E-state index contributed by atoms with van der Waals surface area (Å²) < 4.78 is 8.07. The van der Waals surface area contributed by atoms with Crippen LogP contribution in [0.5, 0.6) is 5.75 Å². The summed E-state index contributed by atoms with van der Waals surface area (Å²) in [6.45, 7) is 4.81. The summed E-state index contributed by atoms with van der Waals surface area (Å²) in [5.41, 5.74) is 3.16. The lowest BCUT2D eigenvalue weighted by atomic mass is 10.2. The first-order chi connectivity index (χ1) is 14.5. The molecule has 30 heavy (non-hydrogen) atoms. The molecule has 1 aromatic heterocycles. The number of nitrogens with zero attached hydrogens (tertiary/aromatic N) is 3. The quantitative estimate of drug-likeness (QED) is 0.654. The lowest BCUT2D eigenvalue weighted by Crippen LogP contribution is -2.35. The molecule has 1 amide bonds. The van der Waals surface area contributed by atoms with Crippen LogP contribution >= 0.6 is 11.6 Å². The number of fused-ring (bicyclic) bond motifs is 2. The molecule has 0 saturated heterocycles. The van der Waals surface area contributed by atoms with Crippen molar-refractivity contribution < 1.29 is 9.53 Å². The zero-order valence-electron chi connectivity index (χ0n) is 17.4. The first kappa shape index (κ1) is 20.7. The molecular weight excluding hydrogens is 400 g/mol. The van der Waals surface area contributed by atoms with Crippen LogP contribution in [0.25, 0.3) is 11.0 Å². The van der Waals surface area contributed by atoms with Gasteiger partial charge in [0, 0.05) is 56.7 Å². The Labute approximate surface area is 181 Å². The SMILES string of the molecule is C[C@@H]1CN(CCC(=O)NCCc2nc3ccccc3n2C)Cc2cc(Cl)ccc2O1. The summed E-state index contributed by atoms with van der Waals surface area (Å²) in [5.74, 6) is 1.91. The van der Waals surface area contributed by atoms with Gasteiger partial charge < -0.3 is 14.6 Å². The van der Waals surface area contributed by atoms with E-state index in [-0.39, 0.29) is 12.0 Å². The molecular formula is C23H27ClN4O2. The second-order valence-corrected chi connectivity index (χ2v) is 8.28. The van der Waals surface area contributed by atoms with Gasteiger partial charge in [0.15, 0.2) is 0 Å². The summed E-state index contributed by atoms with van der Waals surface area (Å²) in [6.07, 6.45) is 1.22. The maximum absolute atomic E-state index is 12.4. The maximum atomic E-state index is 12.4. The first-order valence-corrected chi connectivity index (χ1v) is 10.7. The molecule has 0 unspecified atom stereocenters. The fraction of sp³-hybridized carbons (Fsp3) is 0.391. The lowest BCUT2D eigenvalue weighted by molar-refractivity contribution is -0.121. The van der Waals surface area contributed by atoms with Gasteiger partial charge in [-0.25, -0.2) is 4.98 Å². The number of ether oxygens (including phenoxy) is 1. The van der Waals surface area contributed by atoms with Crippen LogP contribution in [-0.2, 0) is 24.8 Å². The van der Waals surface area contributed by atoms with Gasteiger partial charge in [-0.1, -0.05) is 23.7 Å². The summed E-state index contributed by atoms with van der Waals surface area (Å²) in [6, 6.07) is 13.8. The summed E-state index contributed by atoms with van der Waals surface area (Å²) in [5, 5.41) is 3.73. The molecule has 158 valence electrons. The van der Waals surface area contributed by atoms with Gasteiger partial charge in [-0.05, 0) is 37.3 Å². The molecule has 4 rings (SSSR count). The van der Waals surface area contributed by atoms with Crippen LogP contribution < -0.4 is 10.1 Å². The Bertz CT molecular complexity index is 1050. The number of carbonyl (C=O) groups excluding carboxylic acids is 1. The van der Waals surface area contributed by atoms with Crippen molar-refractivity contribution in [2.45, 2.75) is 32.4 Å². The van der Waals surface area contributed by atoms with Crippen molar-refractivity contribution in [3.8, 4) is 5.75 Å². The standard InChI is InChI=1S/C23H27ClN4O2/c1-16-14-28(15-17-13-18(24)7-8-21(17)30-16)12-10-23(29)25-11-9-22-26-19-5-3-4-6-20(19)27(22)2/h3-8,13,16H,9-12,14-15H2,1-2H3,(H,25,29)/t16-/m1/s1. The number of halogens is 1. The van der Waals surface area contributed by atoms with Crippen molar-refractivity contribution in [2.75, 3.05) is 19.6 Å². The largest absolute Gasteiger partial charge is 0.489 e. The number of nitrogens with one attached hydrogen (secondary N) is 1. The number of imidazole rings is 1. The third-order valence-corrected chi connectivity index (χ3v) is 5.70. The number of hydrogen-bond donors (Lipinski definition) is 1. The highest BCUT2D eigenvalue weighted by Gasteiger charge is 2.20. The van der Waals surface area contributed by atoms with Crippen LogP contribution in [0, 0.1) is 0 Å². The van der Waals surface area contributed by atoms with Gasteiger partial charge in [-0.2, -0.15) is 0 Å². The van der Waals surface area contributed by atoms with Crippen molar-refractivity contribution >= 4 is 28.5 Å². The Morgan fingerprint density at radius 1 is 1.30 bits per heavy atom. The van der Waals surface area contributed by atoms with Crippen molar-refractivity contribution in [2.24, 2.45) is 7.05 Å². The molecule has 1 N–H and O–H groups in total. The Hall–Kier alpha value is -2.57. The third-order valence-electron chi connectivity index (χ3n) is 5.47. The van der Waals surface area contributed by atoms with Crippen molar-refractivity contribution in [3.63, 3.8) is 0 Å². The number of carbonyl (C=O) groups is 1. The molecule has 0 bridgehead atoms. The molecule has 7 heteroatoms. The van der Waals surface area contributed by atoms with E-state index in [4.69, 9.17) is 16.3 Å². The summed E-state index contributed by atoms with van der Waals surface area (Å²) in [4.78, 5) is 19.3. The van der Waals surface area contributed by atoms with E-state index in [0.29, 0.717) is 31.0 Å². The molecule has 6 nitrogen and oxygen atoms in total. The number of amides is 1. The molecule has 1 atom stereocenters. The molecule has 2 heterocycles. The molecule has 0 saturated carbocycles. The Morgan fingerprint density at radius 3 is 2.97 bits per heavy atom. The molecule has 0 aliphatic carbocycles. The van der Waals surface area contributed by atoms with Gasteiger partial charge in [0.25, 0.3) is 0 Å². The molecule has 2 aromatic carbocycles. The normalized spacial score (nSPS) is 16.7. The van der Waals surface area contributed by atoms with Gasteiger partial charge in [0.1, 0.15) is 17.7 Å². The molecule has 1 aliphatic heterocycles. The van der Waals surface area contributed by atoms with Crippen molar-refractivity contribution in [1.82, 2.24) is 19.8 Å². The van der Waals surface area contributed by atoms with E-state index in [1.165, 1.54) is 0 Å². The smallest absolute Gasteiger partial charge is 0.221 e. The Kier molecular flexibility index (Phi) is 6.25. The number of rotatable bonds is 6. The molecule has 0 spiro atoms. The topological polar surface area (TPSA) is 59.4 Å². The second-order valence-electron chi connectivity index (χ2n) is 7.84. The van der Waals surface area contributed by atoms with E-state index >= 15 is 0 Å². The number of hydrogen-bond acceptors (Lipinski definition) is 4. The fourth-order valence-electron chi connectivity index (χ4n) is 3.96. The number of para-hydroxylation sites is 2. The average molecular weight is 427 g/mol. The Balaban J connectivity index is 1.27. The number of aryl methyl sites for hydroxylation is 1. The van der Waals surface area contributed by atoms with E-state index in [1.807, 2.05) is 50.4 Å².